The van der Waals surface area contributed by atoms with E-state index in [1.54, 1.807) is 6.07 Å². The highest BCUT2D eigenvalue weighted by molar-refractivity contribution is 5.92. The average molecular weight is 296 g/mol. The fourth-order valence-electron chi connectivity index (χ4n) is 2.67. The Hall–Kier alpha value is -2.43. The van der Waals surface area contributed by atoms with E-state index in [-0.39, 0.29) is 5.91 Å². The van der Waals surface area contributed by atoms with E-state index in [0.717, 1.165) is 18.8 Å². The van der Waals surface area contributed by atoms with Crippen LogP contribution in [0.4, 0.5) is 5.69 Å². The molecule has 1 saturated heterocycles. The number of nitrogens with zero attached hydrogens (tertiary/aromatic N) is 4. The molecular formula is C17H20N4O. The minimum Gasteiger partial charge on any atom is -0.368 e. The number of piperazine rings is 1. The van der Waals surface area contributed by atoms with Crippen molar-refractivity contribution in [2.24, 2.45) is 0 Å². The number of aromatic nitrogens is 2. The predicted molar refractivity (Wildman–Crippen MR) is 86.1 cm³/mol. The van der Waals surface area contributed by atoms with E-state index in [1.807, 2.05) is 17.9 Å². The van der Waals surface area contributed by atoms with Crippen LogP contribution in [-0.2, 0) is 0 Å². The van der Waals surface area contributed by atoms with Crippen molar-refractivity contribution in [1.82, 2.24) is 15.1 Å². The normalized spacial score (nSPS) is 15.0. The van der Waals surface area contributed by atoms with Crippen molar-refractivity contribution < 1.29 is 4.79 Å². The van der Waals surface area contributed by atoms with Crippen LogP contribution in [0.15, 0.2) is 36.4 Å². The van der Waals surface area contributed by atoms with E-state index in [2.05, 4.69) is 46.3 Å². The first-order chi connectivity index (χ1) is 10.6. The zero-order valence-electron chi connectivity index (χ0n) is 13.0. The molecule has 0 saturated carbocycles. The fraction of sp³-hybridized carbons (Fsp3) is 0.353. The highest BCUT2D eigenvalue weighted by atomic mass is 16.2. The third-order valence-electron chi connectivity index (χ3n) is 3.95. The maximum atomic E-state index is 12.4. The molecule has 2 aromatic rings. The SMILES string of the molecule is Cc1cccc(N2CCN(C(=O)c3ccc(C)nn3)CC2)c1. The molecule has 0 aliphatic carbocycles. The van der Waals surface area contributed by atoms with Crippen LogP contribution in [0.2, 0.25) is 0 Å². The first kappa shape index (κ1) is 14.5. The molecule has 5 nitrogen and oxygen atoms in total. The van der Waals surface area contributed by atoms with Crippen LogP contribution in [-0.4, -0.2) is 47.2 Å². The minimum absolute atomic E-state index is 0.0311. The van der Waals surface area contributed by atoms with Crippen molar-refractivity contribution in [1.29, 1.82) is 0 Å². The Balaban J connectivity index is 1.64. The number of carbonyl (C=O) groups is 1. The molecule has 0 N–H and O–H groups in total. The van der Waals surface area contributed by atoms with Gasteiger partial charge in [-0.2, -0.15) is 5.10 Å². The summed E-state index contributed by atoms with van der Waals surface area (Å²) in [6.07, 6.45) is 0. The molecule has 1 aromatic heterocycles. The smallest absolute Gasteiger partial charge is 0.274 e. The van der Waals surface area contributed by atoms with Gasteiger partial charge in [-0.3, -0.25) is 4.79 Å². The molecule has 3 rings (SSSR count). The van der Waals surface area contributed by atoms with Gasteiger partial charge in [0.15, 0.2) is 5.69 Å². The van der Waals surface area contributed by atoms with E-state index in [1.165, 1.54) is 11.3 Å². The topological polar surface area (TPSA) is 49.3 Å². The predicted octanol–water partition coefficient (Wildman–Crippen LogP) is 2.06. The molecule has 2 heterocycles. The molecule has 114 valence electrons. The Morgan fingerprint density at radius 3 is 2.41 bits per heavy atom. The number of amides is 1. The van der Waals surface area contributed by atoms with Crippen LogP contribution in [0.25, 0.3) is 0 Å². The molecule has 0 radical (unpaired) electrons. The minimum atomic E-state index is -0.0311. The number of anilines is 1. The fourth-order valence-corrected chi connectivity index (χ4v) is 2.67. The highest BCUT2D eigenvalue weighted by Crippen LogP contribution is 2.18. The Morgan fingerprint density at radius 2 is 1.77 bits per heavy atom. The van der Waals surface area contributed by atoms with Gasteiger partial charge in [0.1, 0.15) is 0 Å². The molecule has 1 amide bonds. The summed E-state index contributed by atoms with van der Waals surface area (Å²) in [5.41, 5.74) is 3.73. The molecule has 0 spiro atoms. The van der Waals surface area contributed by atoms with Crippen LogP contribution in [0, 0.1) is 13.8 Å². The largest absolute Gasteiger partial charge is 0.368 e. The zero-order chi connectivity index (χ0) is 15.5. The lowest BCUT2D eigenvalue weighted by Gasteiger charge is -2.36. The van der Waals surface area contributed by atoms with Crippen LogP contribution < -0.4 is 4.90 Å². The lowest BCUT2D eigenvalue weighted by Crippen LogP contribution is -2.49. The molecule has 1 aliphatic heterocycles. The first-order valence-electron chi connectivity index (χ1n) is 7.55. The second kappa shape index (κ2) is 6.13. The van der Waals surface area contributed by atoms with Gasteiger partial charge in [0, 0.05) is 31.9 Å². The summed E-state index contributed by atoms with van der Waals surface area (Å²) >= 11 is 0. The quantitative estimate of drug-likeness (QED) is 0.851. The summed E-state index contributed by atoms with van der Waals surface area (Å²) in [5.74, 6) is -0.0311. The van der Waals surface area contributed by atoms with Crippen LogP contribution in [0.5, 0.6) is 0 Å². The Labute approximate surface area is 130 Å². The summed E-state index contributed by atoms with van der Waals surface area (Å²) < 4.78 is 0. The standard InChI is InChI=1S/C17H20N4O/c1-13-4-3-5-15(12-13)20-8-10-21(11-9-20)17(22)16-7-6-14(2)18-19-16/h3-7,12H,8-11H2,1-2H3. The molecule has 22 heavy (non-hydrogen) atoms. The van der Waals surface area contributed by atoms with E-state index < -0.39 is 0 Å². The second-order valence-electron chi connectivity index (χ2n) is 5.68. The van der Waals surface area contributed by atoms with Crippen molar-refractivity contribution >= 4 is 11.6 Å². The van der Waals surface area contributed by atoms with Gasteiger partial charge in [0.05, 0.1) is 5.69 Å². The highest BCUT2D eigenvalue weighted by Gasteiger charge is 2.23. The average Bonchev–Trinajstić information content (AvgIpc) is 2.55. The van der Waals surface area contributed by atoms with Crippen LogP contribution >= 0.6 is 0 Å². The molecule has 1 fully saturated rings. The lowest BCUT2D eigenvalue weighted by molar-refractivity contribution is 0.0739. The molecule has 0 bridgehead atoms. The summed E-state index contributed by atoms with van der Waals surface area (Å²) in [6, 6.07) is 12.0. The van der Waals surface area contributed by atoms with Crippen molar-refractivity contribution in [3.05, 3.63) is 53.3 Å². The monoisotopic (exact) mass is 296 g/mol. The number of hydrogen-bond donors (Lipinski definition) is 0. The van der Waals surface area contributed by atoms with Gasteiger partial charge >= 0.3 is 0 Å². The summed E-state index contributed by atoms with van der Waals surface area (Å²) in [5, 5.41) is 7.95. The van der Waals surface area contributed by atoms with Crippen LogP contribution in [0.3, 0.4) is 0 Å². The number of rotatable bonds is 2. The van der Waals surface area contributed by atoms with Gasteiger partial charge in [0.2, 0.25) is 0 Å². The van der Waals surface area contributed by atoms with Gasteiger partial charge < -0.3 is 9.80 Å². The maximum Gasteiger partial charge on any atom is 0.274 e. The second-order valence-corrected chi connectivity index (χ2v) is 5.68. The lowest BCUT2D eigenvalue weighted by atomic mass is 10.2. The van der Waals surface area contributed by atoms with Crippen molar-refractivity contribution in [2.75, 3.05) is 31.1 Å². The van der Waals surface area contributed by atoms with Gasteiger partial charge in [-0.1, -0.05) is 12.1 Å². The van der Waals surface area contributed by atoms with E-state index in [0.29, 0.717) is 18.8 Å². The van der Waals surface area contributed by atoms with Crippen molar-refractivity contribution in [3.8, 4) is 0 Å². The number of aryl methyl sites for hydroxylation is 2. The zero-order valence-corrected chi connectivity index (χ0v) is 13.0. The van der Waals surface area contributed by atoms with Crippen LogP contribution in [0.1, 0.15) is 21.7 Å². The molecule has 1 aliphatic rings. The van der Waals surface area contributed by atoms with E-state index in [4.69, 9.17) is 0 Å². The third kappa shape index (κ3) is 3.08. The van der Waals surface area contributed by atoms with Gasteiger partial charge in [0.25, 0.3) is 5.91 Å². The van der Waals surface area contributed by atoms with E-state index >= 15 is 0 Å². The van der Waals surface area contributed by atoms with Gasteiger partial charge in [-0.15, -0.1) is 5.10 Å². The summed E-state index contributed by atoms with van der Waals surface area (Å²) in [6.45, 7) is 7.06. The Morgan fingerprint density at radius 1 is 1.00 bits per heavy atom. The number of carbonyl (C=O) groups excluding carboxylic acids is 1. The third-order valence-corrected chi connectivity index (χ3v) is 3.95. The first-order valence-corrected chi connectivity index (χ1v) is 7.55. The molecule has 0 atom stereocenters. The Kier molecular flexibility index (Phi) is 4.04. The Bertz CT molecular complexity index is 661. The van der Waals surface area contributed by atoms with Crippen molar-refractivity contribution in [3.63, 3.8) is 0 Å². The maximum absolute atomic E-state index is 12.4. The molecule has 0 unspecified atom stereocenters. The summed E-state index contributed by atoms with van der Waals surface area (Å²) in [7, 11) is 0. The number of benzene rings is 1. The molecular weight excluding hydrogens is 276 g/mol. The van der Waals surface area contributed by atoms with Crippen molar-refractivity contribution in [2.45, 2.75) is 13.8 Å². The molecule has 1 aromatic carbocycles. The number of hydrogen-bond acceptors (Lipinski definition) is 4. The van der Waals surface area contributed by atoms with Gasteiger partial charge in [-0.05, 0) is 43.7 Å². The van der Waals surface area contributed by atoms with E-state index in [9.17, 15) is 4.79 Å². The molecule has 5 heteroatoms. The van der Waals surface area contributed by atoms with Gasteiger partial charge in [-0.25, -0.2) is 0 Å². The summed E-state index contributed by atoms with van der Waals surface area (Å²) in [4.78, 5) is 16.6.